The van der Waals surface area contributed by atoms with E-state index in [1.54, 1.807) is 19.1 Å². The van der Waals surface area contributed by atoms with E-state index in [9.17, 15) is 14.9 Å². The van der Waals surface area contributed by atoms with Gasteiger partial charge in [0, 0.05) is 24.1 Å². The van der Waals surface area contributed by atoms with Gasteiger partial charge in [0.15, 0.2) is 0 Å². The first-order valence-electron chi connectivity index (χ1n) is 8.54. The first-order valence-corrected chi connectivity index (χ1v) is 8.54. The zero-order valence-corrected chi connectivity index (χ0v) is 15.0. The lowest BCUT2D eigenvalue weighted by Gasteiger charge is -2.20. The second-order valence-corrected chi connectivity index (χ2v) is 7.34. The van der Waals surface area contributed by atoms with E-state index < -0.39 is 0 Å². The maximum absolute atomic E-state index is 11.7. The van der Waals surface area contributed by atoms with Crippen LogP contribution in [0.15, 0.2) is 48.1 Å². The Bertz CT molecular complexity index is 779. The average molecular weight is 341 g/mol. The molecule has 0 aromatic heterocycles. The van der Waals surface area contributed by atoms with Crippen LogP contribution in [0.1, 0.15) is 39.2 Å². The van der Waals surface area contributed by atoms with Gasteiger partial charge in [-0.2, -0.15) is 0 Å². The number of allylic oxidation sites excluding steroid dienone is 3. The van der Waals surface area contributed by atoms with Gasteiger partial charge in [0.25, 0.3) is 5.69 Å². The fraction of sp³-hybridized carbons (Fsp3) is 0.450. The van der Waals surface area contributed by atoms with Crippen LogP contribution in [0.4, 0.5) is 5.69 Å². The highest BCUT2D eigenvalue weighted by Crippen LogP contribution is 2.79. The maximum atomic E-state index is 11.7. The second-order valence-electron chi connectivity index (χ2n) is 7.34. The van der Waals surface area contributed by atoms with Crippen molar-refractivity contribution in [2.75, 3.05) is 6.61 Å². The zero-order valence-electron chi connectivity index (χ0n) is 15.0. The largest absolute Gasteiger partial charge is 0.463 e. The van der Waals surface area contributed by atoms with E-state index in [4.69, 9.17) is 4.74 Å². The van der Waals surface area contributed by atoms with Crippen molar-refractivity contribution in [1.29, 1.82) is 0 Å². The topological polar surface area (TPSA) is 69.4 Å². The molecular weight excluding hydrogens is 318 g/mol. The first kappa shape index (κ1) is 17.4. The van der Waals surface area contributed by atoms with Gasteiger partial charge in [-0.15, -0.1) is 0 Å². The molecule has 1 fully saturated rings. The van der Waals surface area contributed by atoms with Gasteiger partial charge in [-0.05, 0) is 36.2 Å². The van der Waals surface area contributed by atoms with Crippen LogP contribution >= 0.6 is 0 Å². The van der Waals surface area contributed by atoms with Crippen molar-refractivity contribution in [3.05, 3.63) is 63.7 Å². The highest BCUT2D eigenvalue weighted by Gasteiger charge is 2.73. The van der Waals surface area contributed by atoms with Gasteiger partial charge in [0.05, 0.1) is 11.5 Å². The lowest BCUT2D eigenvalue weighted by molar-refractivity contribution is -0.384. The van der Waals surface area contributed by atoms with Crippen LogP contribution in [0.25, 0.3) is 0 Å². The average Bonchev–Trinajstić information content (AvgIpc) is 2.85. The summed E-state index contributed by atoms with van der Waals surface area (Å²) in [5.41, 5.74) is 2.34. The van der Waals surface area contributed by atoms with Crippen molar-refractivity contribution in [1.82, 2.24) is 0 Å². The molecule has 1 aromatic rings. The molecule has 2 aliphatic carbocycles. The number of carbonyl (C=O) groups excluding carboxylic acids is 1. The van der Waals surface area contributed by atoms with Crippen LogP contribution in [0.5, 0.6) is 0 Å². The number of nitrogens with zero attached hydrogens (tertiary/aromatic N) is 1. The number of nitro benzene ring substituents is 1. The molecule has 1 aromatic carbocycles. The number of rotatable bonds is 5. The number of hydrogen-bond acceptors (Lipinski definition) is 4. The number of ether oxygens (including phenoxy) is 1. The third-order valence-corrected chi connectivity index (χ3v) is 6.04. The van der Waals surface area contributed by atoms with E-state index >= 15 is 0 Å². The fourth-order valence-corrected chi connectivity index (χ4v) is 4.63. The Morgan fingerprint density at radius 3 is 2.52 bits per heavy atom. The molecule has 2 aliphatic rings. The predicted octanol–water partition coefficient (Wildman–Crippen LogP) is 4.40. The number of fused-ring (bicyclic) bond motifs is 1. The number of carbonyl (C=O) groups is 1. The van der Waals surface area contributed by atoms with E-state index in [2.05, 4.69) is 26.8 Å². The summed E-state index contributed by atoms with van der Waals surface area (Å²) in [6, 6.07) is 6.82. The van der Waals surface area contributed by atoms with Crippen molar-refractivity contribution < 1.29 is 14.5 Å². The molecule has 0 spiro atoms. The van der Waals surface area contributed by atoms with Crippen molar-refractivity contribution in [3.63, 3.8) is 0 Å². The Morgan fingerprint density at radius 1 is 1.32 bits per heavy atom. The van der Waals surface area contributed by atoms with Gasteiger partial charge < -0.3 is 4.74 Å². The zero-order chi connectivity index (χ0) is 18.4. The summed E-state index contributed by atoms with van der Waals surface area (Å²) in [4.78, 5) is 22.2. The van der Waals surface area contributed by atoms with Gasteiger partial charge in [-0.25, -0.2) is 4.79 Å². The Balaban J connectivity index is 1.87. The lowest BCUT2D eigenvalue weighted by atomic mass is 9.84. The minimum atomic E-state index is -0.380. The van der Waals surface area contributed by atoms with Gasteiger partial charge in [0.2, 0.25) is 0 Å². The van der Waals surface area contributed by atoms with Crippen molar-refractivity contribution in [2.45, 2.75) is 33.6 Å². The second kappa shape index (κ2) is 5.83. The third-order valence-electron chi connectivity index (χ3n) is 6.04. The molecule has 0 radical (unpaired) electrons. The molecular formula is C20H23NO4. The summed E-state index contributed by atoms with van der Waals surface area (Å²) in [6.07, 6.45) is 5.79. The smallest absolute Gasteiger partial charge is 0.330 e. The van der Waals surface area contributed by atoms with E-state index in [1.807, 2.05) is 18.2 Å². The third kappa shape index (κ3) is 2.58. The Kier molecular flexibility index (Phi) is 4.06. The van der Waals surface area contributed by atoms with Crippen molar-refractivity contribution in [2.24, 2.45) is 16.7 Å². The van der Waals surface area contributed by atoms with Crippen LogP contribution < -0.4 is 0 Å². The van der Waals surface area contributed by atoms with Crippen molar-refractivity contribution in [3.8, 4) is 0 Å². The number of esters is 1. The van der Waals surface area contributed by atoms with E-state index in [0.29, 0.717) is 12.5 Å². The number of nitro groups is 1. The summed E-state index contributed by atoms with van der Waals surface area (Å²) in [5, 5.41) is 10.9. The molecule has 5 heteroatoms. The molecule has 25 heavy (non-hydrogen) atoms. The van der Waals surface area contributed by atoms with Crippen LogP contribution in [-0.4, -0.2) is 17.5 Å². The van der Waals surface area contributed by atoms with Gasteiger partial charge in [0.1, 0.15) is 0 Å². The molecule has 0 bridgehead atoms. The van der Waals surface area contributed by atoms with Crippen LogP contribution in [-0.2, 0) is 9.53 Å². The van der Waals surface area contributed by atoms with E-state index in [-0.39, 0.29) is 33.3 Å². The van der Waals surface area contributed by atoms with Crippen LogP contribution in [0.2, 0.25) is 0 Å². The maximum Gasteiger partial charge on any atom is 0.330 e. The molecule has 0 amide bonds. The van der Waals surface area contributed by atoms with Gasteiger partial charge >= 0.3 is 5.97 Å². The highest BCUT2D eigenvalue weighted by atomic mass is 16.6. The minimum absolute atomic E-state index is 0.00742. The van der Waals surface area contributed by atoms with E-state index in [0.717, 1.165) is 5.56 Å². The van der Waals surface area contributed by atoms with E-state index in [1.165, 1.54) is 11.6 Å². The molecule has 5 nitrogen and oxygen atoms in total. The van der Waals surface area contributed by atoms with Crippen LogP contribution in [0, 0.1) is 26.9 Å². The molecule has 132 valence electrons. The molecule has 3 rings (SSSR count). The minimum Gasteiger partial charge on any atom is -0.463 e. The van der Waals surface area contributed by atoms with Crippen molar-refractivity contribution >= 4 is 11.7 Å². The predicted molar refractivity (Wildman–Crippen MR) is 95.1 cm³/mol. The molecule has 0 unspecified atom stereocenters. The molecule has 0 heterocycles. The highest BCUT2D eigenvalue weighted by molar-refractivity contribution is 5.82. The number of hydrogen-bond donors (Lipinski definition) is 0. The summed E-state index contributed by atoms with van der Waals surface area (Å²) >= 11 is 0. The quantitative estimate of drug-likeness (QED) is 0.262. The first-order chi connectivity index (χ1) is 11.7. The molecule has 0 N–H and O–H groups in total. The molecule has 0 saturated heterocycles. The molecule has 1 saturated carbocycles. The summed E-state index contributed by atoms with van der Waals surface area (Å²) < 4.78 is 4.98. The Labute approximate surface area is 147 Å². The monoisotopic (exact) mass is 341 g/mol. The summed E-state index contributed by atoms with van der Waals surface area (Å²) in [6.45, 7) is 8.64. The number of benzene rings is 1. The number of non-ortho nitro benzene ring substituents is 1. The molecule has 0 aliphatic heterocycles. The normalized spacial score (nSPS) is 33.0. The van der Waals surface area contributed by atoms with Gasteiger partial charge in [-0.1, -0.05) is 43.7 Å². The lowest BCUT2D eigenvalue weighted by Crippen LogP contribution is -2.10. The SMILES string of the molecule is CCOC(=O)/C=C/[C@@]1(C)[C@@H]2[C@@H](c3ccc([N+](=O)[O-])cc3)C(C)=C[C@@]21C. The Hall–Kier alpha value is -2.43. The fourth-order valence-electron chi connectivity index (χ4n) is 4.63. The van der Waals surface area contributed by atoms with Crippen LogP contribution in [0.3, 0.4) is 0 Å². The molecule has 4 atom stereocenters. The summed E-state index contributed by atoms with van der Waals surface area (Å²) in [7, 11) is 0. The standard InChI is InChI=1S/C20H23NO4/c1-5-25-16(22)10-11-19(3)18-17(13(2)12-20(18,19)4)14-6-8-15(9-7-14)21(23)24/h6-12,17-18H,5H2,1-4H3/b11-10+/t17-,18+,19+,20+/m1/s1. The Morgan fingerprint density at radius 2 is 1.96 bits per heavy atom. The summed E-state index contributed by atoms with van der Waals surface area (Å²) in [5.74, 6) is 0.236. The van der Waals surface area contributed by atoms with Gasteiger partial charge in [-0.3, -0.25) is 10.1 Å².